The number of hydrazine groups is 1. The van der Waals surface area contributed by atoms with Gasteiger partial charge in [0.2, 0.25) is 0 Å². The number of hydrogen-bond donors (Lipinski definition) is 0. The van der Waals surface area contributed by atoms with Crippen LogP contribution in [0.2, 0.25) is 15.1 Å². The molecule has 1 aliphatic heterocycles. The number of nitro benzene ring substituents is 1. The van der Waals surface area contributed by atoms with Crippen molar-refractivity contribution in [2.24, 2.45) is 0 Å². The smallest absolute Gasteiger partial charge is 0.287 e. The van der Waals surface area contributed by atoms with Crippen LogP contribution in [0.4, 0.5) is 5.69 Å². The summed E-state index contributed by atoms with van der Waals surface area (Å²) in [5, 5.41) is 13.0. The summed E-state index contributed by atoms with van der Waals surface area (Å²) in [5.41, 5.74) is -1.36. The lowest BCUT2D eigenvalue weighted by Crippen LogP contribution is -2.51. The number of hydrogen-bond acceptors (Lipinski definition) is 6. The number of carbonyl (C=O) groups is 4. The Hall–Kier alpha value is -3.79. The lowest BCUT2D eigenvalue weighted by atomic mass is 10.1. The fraction of sp³-hybridized carbons (Fsp3) is 0.0435. The van der Waals surface area contributed by atoms with E-state index in [1.54, 1.807) is 0 Å². The molecule has 0 unspecified atom stereocenters. The van der Waals surface area contributed by atoms with Crippen LogP contribution in [0, 0.1) is 10.1 Å². The first-order chi connectivity index (χ1) is 16.6. The zero-order chi connectivity index (χ0) is 25.4. The number of benzene rings is 3. The highest BCUT2D eigenvalue weighted by Gasteiger charge is 2.46. The van der Waals surface area contributed by atoms with Gasteiger partial charge in [0.25, 0.3) is 23.4 Å². The van der Waals surface area contributed by atoms with Crippen LogP contribution in [0.15, 0.2) is 60.7 Å². The van der Waals surface area contributed by atoms with Crippen LogP contribution in [-0.4, -0.2) is 45.0 Å². The van der Waals surface area contributed by atoms with Gasteiger partial charge in [0.15, 0.2) is 5.78 Å². The number of amides is 3. The highest BCUT2D eigenvalue weighted by Crippen LogP contribution is 2.33. The first kappa shape index (κ1) is 24.3. The largest absolute Gasteiger partial charge is 0.292 e. The van der Waals surface area contributed by atoms with E-state index in [1.165, 1.54) is 54.6 Å². The van der Waals surface area contributed by atoms with Crippen LogP contribution >= 0.6 is 34.8 Å². The van der Waals surface area contributed by atoms with Gasteiger partial charge in [-0.05, 0) is 48.5 Å². The molecular formula is C23H12Cl3N3O6. The zero-order valence-electron chi connectivity index (χ0n) is 17.4. The molecule has 0 N–H and O–H groups in total. The molecule has 3 amide bonds. The average molecular weight is 533 g/mol. The average Bonchev–Trinajstić information content (AvgIpc) is 3.07. The van der Waals surface area contributed by atoms with Crippen LogP contribution in [0.5, 0.6) is 0 Å². The SMILES string of the molecule is O=C(CN(C(=O)c1ccc(Cl)cc1Cl)N1C(=O)c2cccc([N+](=O)[O-])c2C1=O)c1ccc(Cl)cc1. The van der Waals surface area contributed by atoms with E-state index in [0.717, 1.165) is 6.07 Å². The van der Waals surface area contributed by atoms with E-state index in [-0.39, 0.29) is 26.7 Å². The summed E-state index contributed by atoms with van der Waals surface area (Å²) in [6, 6.07) is 13.2. The maximum Gasteiger partial charge on any atom is 0.287 e. The van der Waals surface area contributed by atoms with Crippen molar-refractivity contribution in [3.63, 3.8) is 0 Å². The minimum atomic E-state index is -1.13. The Morgan fingerprint density at radius 2 is 1.57 bits per heavy atom. The third kappa shape index (κ3) is 4.49. The second-order valence-corrected chi connectivity index (χ2v) is 8.58. The summed E-state index contributed by atoms with van der Waals surface area (Å²) in [4.78, 5) is 63.6. The maximum absolute atomic E-state index is 13.5. The Morgan fingerprint density at radius 3 is 2.20 bits per heavy atom. The Kier molecular flexibility index (Phi) is 6.58. The summed E-state index contributed by atoms with van der Waals surface area (Å²) >= 11 is 17.9. The molecule has 0 saturated carbocycles. The first-order valence-corrected chi connectivity index (χ1v) is 11.0. The molecule has 0 aromatic heterocycles. The monoisotopic (exact) mass is 531 g/mol. The van der Waals surface area contributed by atoms with Gasteiger partial charge in [0.05, 0.1) is 21.1 Å². The molecule has 0 atom stereocenters. The predicted molar refractivity (Wildman–Crippen MR) is 127 cm³/mol. The molecule has 35 heavy (non-hydrogen) atoms. The molecule has 3 aromatic carbocycles. The van der Waals surface area contributed by atoms with Gasteiger partial charge in [0.1, 0.15) is 12.1 Å². The molecule has 0 bridgehead atoms. The third-order valence-corrected chi connectivity index (χ3v) is 5.96. The number of halogens is 3. The summed E-state index contributed by atoms with van der Waals surface area (Å²) in [6.07, 6.45) is 0. The number of rotatable bonds is 6. The van der Waals surface area contributed by atoms with Crippen LogP contribution in [-0.2, 0) is 0 Å². The number of imide groups is 1. The third-order valence-electron chi connectivity index (χ3n) is 5.17. The van der Waals surface area contributed by atoms with Crippen molar-refractivity contribution in [3.8, 4) is 0 Å². The van der Waals surface area contributed by atoms with Crippen molar-refractivity contribution in [1.29, 1.82) is 0 Å². The topological polar surface area (TPSA) is 118 Å². The molecule has 0 fully saturated rings. The fourth-order valence-electron chi connectivity index (χ4n) is 3.53. The molecule has 3 aromatic rings. The fourth-order valence-corrected chi connectivity index (χ4v) is 4.14. The Bertz CT molecular complexity index is 1420. The van der Waals surface area contributed by atoms with E-state index < -0.39 is 46.2 Å². The molecule has 0 aliphatic carbocycles. The number of nitrogens with zero attached hydrogens (tertiary/aromatic N) is 3. The first-order valence-electron chi connectivity index (χ1n) is 9.82. The van der Waals surface area contributed by atoms with Crippen molar-refractivity contribution in [2.75, 3.05) is 6.54 Å². The van der Waals surface area contributed by atoms with E-state index in [0.29, 0.717) is 15.0 Å². The Morgan fingerprint density at radius 1 is 0.914 bits per heavy atom. The standard InChI is InChI=1S/C23H12Cl3N3O6/c24-13-6-4-12(5-7-13)19(30)11-27(21(31)15-9-8-14(25)10-17(15)26)28-22(32)16-2-1-3-18(29(34)35)20(16)23(28)33/h1-10H,11H2. The number of Topliss-reactive ketones (excluding diaryl/α,β-unsaturated/α-hetero) is 1. The molecule has 176 valence electrons. The van der Waals surface area contributed by atoms with E-state index >= 15 is 0 Å². The molecule has 1 aliphatic rings. The molecule has 9 nitrogen and oxygen atoms in total. The van der Waals surface area contributed by atoms with Crippen molar-refractivity contribution < 1.29 is 24.1 Å². The summed E-state index contributed by atoms with van der Waals surface area (Å²) < 4.78 is 0. The second-order valence-electron chi connectivity index (χ2n) is 7.30. The van der Waals surface area contributed by atoms with Crippen LogP contribution in [0.3, 0.4) is 0 Å². The molecule has 0 spiro atoms. The minimum absolute atomic E-state index is 0.0889. The normalized spacial score (nSPS) is 12.5. The summed E-state index contributed by atoms with van der Waals surface area (Å²) in [7, 11) is 0. The van der Waals surface area contributed by atoms with Gasteiger partial charge in [-0.1, -0.05) is 40.9 Å². The van der Waals surface area contributed by atoms with Crippen LogP contribution in [0.1, 0.15) is 41.4 Å². The summed E-state index contributed by atoms with van der Waals surface area (Å²) in [5.74, 6) is -3.73. The molecule has 4 rings (SSSR count). The lowest BCUT2D eigenvalue weighted by molar-refractivity contribution is -0.385. The zero-order valence-corrected chi connectivity index (χ0v) is 19.7. The maximum atomic E-state index is 13.5. The molecule has 1 heterocycles. The van der Waals surface area contributed by atoms with Gasteiger partial charge in [0, 0.05) is 21.7 Å². The second kappa shape index (κ2) is 9.46. The van der Waals surface area contributed by atoms with Crippen molar-refractivity contribution in [1.82, 2.24) is 10.0 Å². The number of fused-ring (bicyclic) bond motifs is 1. The van der Waals surface area contributed by atoms with Crippen LogP contribution in [0.25, 0.3) is 0 Å². The highest BCUT2D eigenvalue weighted by molar-refractivity contribution is 6.37. The van der Waals surface area contributed by atoms with Gasteiger partial charge in [-0.25, -0.2) is 5.01 Å². The van der Waals surface area contributed by atoms with E-state index in [1.807, 2.05) is 0 Å². The van der Waals surface area contributed by atoms with Gasteiger partial charge < -0.3 is 0 Å². The van der Waals surface area contributed by atoms with E-state index in [4.69, 9.17) is 34.8 Å². The highest BCUT2D eigenvalue weighted by atomic mass is 35.5. The summed E-state index contributed by atoms with van der Waals surface area (Å²) in [6.45, 7) is -0.751. The number of carbonyl (C=O) groups excluding carboxylic acids is 4. The molecular weight excluding hydrogens is 521 g/mol. The number of nitro groups is 1. The van der Waals surface area contributed by atoms with Crippen molar-refractivity contribution >= 4 is 64.0 Å². The predicted octanol–water partition coefficient (Wildman–Crippen LogP) is 5.09. The molecule has 0 saturated heterocycles. The van der Waals surface area contributed by atoms with Gasteiger partial charge >= 0.3 is 0 Å². The lowest BCUT2D eigenvalue weighted by Gasteiger charge is -2.29. The minimum Gasteiger partial charge on any atom is -0.292 e. The van der Waals surface area contributed by atoms with Crippen LogP contribution < -0.4 is 0 Å². The van der Waals surface area contributed by atoms with Gasteiger partial charge in [-0.3, -0.25) is 29.3 Å². The van der Waals surface area contributed by atoms with E-state index in [2.05, 4.69) is 0 Å². The molecule has 12 heteroatoms. The van der Waals surface area contributed by atoms with Gasteiger partial charge in [-0.15, -0.1) is 0 Å². The Labute approximate surface area is 212 Å². The Balaban J connectivity index is 1.80. The van der Waals surface area contributed by atoms with Crippen molar-refractivity contribution in [3.05, 3.63) is 108 Å². The van der Waals surface area contributed by atoms with Gasteiger partial charge in [-0.2, -0.15) is 5.01 Å². The number of ketones is 1. The van der Waals surface area contributed by atoms with Crippen molar-refractivity contribution in [2.45, 2.75) is 0 Å². The molecule has 0 radical (unpaired) electrons. The quantitative estimate of drug-likeness (QED) is 0.189. The van der Waals surface area contributed by atoms with E-state index in [9.17, 15) is 29.3 Å².